The number of alkyl halides is 1. The first-order chi connectivity index (χ1) is 8.04. The molecule has 1 aromatic rings. The highest BCUT2D eigenvalue weighted by atomic mass is 79.9. The lowest BCUT2D eigenvalue weighted by Gasteiger charge is -2.11. The number of ether oxygens (including phenoxy) is 1. The fraction of sp³-hybridized carbons (Fsp3) is 0.364. The lowest BCUT2D eigenvalue weighted by Crippen LogP contribution is -2.31. The number of halogens is 3. The van der Waals surface area contributed by atoms with Gasteiger partial charge in [-0.25, -0.2) is 0 Å². The molecular weight excluding hydrogens is 418 g/mol. The Labute approximate surface area is 126 Å². The van der Waals surface area contributed by atoms with Gasteiger partial charge in [0.25, 0.3) is 5.91 Å². The molecule has 0 aliphatic carbocycles. The Balaban J connectivity index is 2.61. The predicted molar refractivity (Wildman–Crippen MR) is 78.8 cm³/mol. The zero-order valence-electron chi connectivity index (χ0n) is 9.17. The normalized spacial score (nSPS) is 12.2. The third kappa shape index (κ3) is 5.07. The van der Waals surface area contributed by atoms with Gasteiger partial charge in [0.05, 0.1) is 17.0 Å². The van der Waals surface area contributed by atoms with Crippen LogP contribution in [0.5, 0.6) is 0 Å². The fourth-order valence-corrected chi connectivity index (χ4v) is 2.42. The minimum absolute atomic E-state index is 0.112. The van der Waals surface area contributed by atoms with Gasteiger partial charge in [0.15, 0.2) is 0 Å². The Morgan fingerprint density at radius 1 is 1.47 bits per heavy atom. The molecule has 0 aliphatic heterocycles. The van der Waals surface area contributed by atoms with Crippen molar-refractivity contribution < 1.29 is 9.53 Å². The van der Waals surface area contributed by atoms with E-state index in [1.54, 1.807) is 13.2 Å². The van der Waals surface area contributed by atoms with Crippen LogP contribution in [0.15, 0.2) is 27.1 Å². The summed E-state index contributed by atoms with van der Waals surface area (Å²) in [6, 6.07) is 5.48. The van der Waals surface area contributed by atoms with Crippen molar-refractivity contribution in [1.82, 2.24) is 5.32 Å². The Bertz CT molecular complexity index is 398. The summed E-state index contributed by atoms with van der Waals surface area (Å²) in [6.07, 6.45) is 0. The topological polar surface area (TPSA) is 38.3 Å². The summed E-state index contributed by atoms with van der Waals surface area (Å²) in [5.74, 6) is -0.112. The summed E-state index contributed by atoms with van der Waals surface area (Å²) in [4.78, 5) is 12.0. The molecule has 1 N–H and O–H groups in total. The zero-order valence-corrected chi connectivity index (χ0v) is 13.9. The van der Waals surface area contributed by atoms with Gasteiger partial charge < -0.3 is 10.1 Å². The second-order valence-corrected chi connectivity index (χ2v) is 6.45. The van der Waals surface area contributed by atoms with Gasteiger partial charge >= 0.3 is 0 Å². The van der Waals surface area contributed by atoms with Crippen molar-refractivity contribution in [2.24, 2.45) is 0 Å². The first-order valence-corrected chi connectivity index (χ1v) is 7.41. The summed E-state index contributed by atoms with van der Waals surface area (Å²) in [5, 5.41) is 2.83. The molecule has 0 aromatic heterocycles. The van der Waals surface area contributed by atoms with Crippen LogP contribution in [0.1, 0.15) is 10.4 Å². The van der Waals surface area contributed by atoms with E-state index in [9.17, 15) is 4.79 Å². The van der Waals surface area contributed by atoms with E-state index in [-0.39, 0.29) is 10.7 Å². The van der Waals surface area contributed by atoms with Crippen molar-refractivity contribution in [2.45, 2.75) is 4.83 Å². The fourth-order valence-electron chi connectivity index (χ4n) is 1.21. The summed E-state index contributed by atoms with van der Waals surface area (Å²) < 4.78 is 6.62. The predicted octanol–water partition coefficient (Wildman–Crippen LogP) is 3.35. The number of methoxy groups -OCH3 is 1. The smallest absolute Gasteiger partial charge is 0.252 e. The van der Waals surface area contributed by atoms with Crippen molar-refractivity contribution >= 4 is 53.7 Å². The van der Waals surface area contributed by atoms with Crippen molar-refractivity contribution in [3.05, 3.63) is 32.7 Å². The zero-order chi connectivity index (χ0) is 12.8. The van der Waals surface area contributed by atoms with Gasteiger partial charge in [-0.2, -0.15) is 0 Å². The second kappa shape index (κ2) is 7.51. The van der Waals surface area contributed by atoms with E-state index in [0.717, 1.165) is 8.95 Å². The maximum absolute atomic E-state index is 11.9. The van der Waals surface area contributed by atoms with Gasteiger partial charge in [0.2, 0.25) is 0 Å². The standard InChI is InChI=1S/C11H12Br3NO2/c1-17-6-8(13)5-15-11(16)9-4-7(12)2-3-10(9)14/h2-4,8H,5-6H2,1H3,(H,15,16). The van der Waals surface area contributed by atoms with E-state index >= 15 is 0 Å². The number of hydrogen-bond acceptors (Lipinski definition) is 2. The van der Waals surface area contributed by atoms with Gasteiger partial charge in [-0.1, -0.05) is 31.9 Å². The SMILES string of the molecule is COCC(Br)CNC(=O)c1cc(Br)ccc1Br. The second-order valence-electron chi connectivity index (χ2n) is 3.39. The van der Waals surface area contributed by atoms with E-state index in [2.05, 4.69) is 53.1 Å². The Morgan fingerprint density at radius 2 is 2.18 bits per heavy atom. The minimum Gasteiger partial charge on any atom is -0.383 e. The van der Waals surface area contributed by atoms with E-state index in [4.69, 9.17) is 4.74 Å². The third-order valence-corrected chi connectivity index (χ3v) is 3.78. The molecule has 1 amide bonds. The van der Waals surface area contributed by atoms with E-state index < -0.39 is 0 Å². The number of benzene rings is 1. The van der Waals surface area contributed by atoms with Crippen LogP contribution in [-0.4, -0.2) is 31.0 Å². The average Bonchev–Trinajstić information content (AvgIpc) is 2.29. The van der Waals surface area contributed by atoms with Crippen LogP contribution >= 0.6 is 47.8 Å². The van der Waals surface area contributed by atoms with Crippen LogP contribution in [0.2, 0.25) is 0 Å². The first kappa shape index (κ1) is 15.1. The molecule has 1 atom stereocenters. The van der Waals surface area contributed by atoms with Crippen LogP contribution in [-0.2, 0) is 4.74 Å². The van der Waals surface area contributed by atoms with Crippen LogP contribution in [0.3, 0.4) is 0 Å². The average molecular weight is 430 g/mol. The van der Waals surface area contributed by atoms with Gasteiger partial charge in [-0.3, -0.25) is 4.79 Å². The van der Waals surface area contributed by atoms with E-state index in [1.165, 1.54) is 0 Å². The van der Waals surface area contributed by atoms with E-state index in [0.29, 0.717) is 18.7 Å². The molecule has 0 heterocycles. The molecule has 0 spiro atoms. The highest BCUT2D eigenvalue weighted by Gasteiger charge is 2.12. The summed E-state index contributed by atoms with van der Waals surface area (Å²) in [7, 11) is 1.63. The Kier molecular flexibility index (Phi) is 6.69. The summed E-state index contributed by atoms with van der Waals surface area (Å²) in [5.41, 5.74) is 0.608. The molecule has 1 unspecified atom stereocenters. The van der Waals surface area contributed by atoms with Crippen LogP contribution < -0.4 is 5.32 Å². The molecule has 0 saturated heterocycles. The minimum atomic E-state index is -0.112. The molecule has 17 heavy (non-hydrogen) atoms. The van der Waals surface area contributed by atoms with Crippen molar-refractivity contribution in [1.29, 1.82) is 0 Å². The quantitative estimate of drug-likeness (QED) is 0.729. The molecule has 6 heteroatoms. The summed E-state index contributed by atoms with van der Waals surface area (Å²) >= 11 is 10.1. The van der Waals surface area contributed by atoms with Crippen LogP contribution in [0, 0.1) is 0 Å². The molecule has 1 aromatic carbocycles. The number of carbonyl (C=O) groups is 1. The lowest BCUT2D eigenvalue weighted by molar-refractivity contribution is 0.0949. The summed E-state index contributed by atoms with van der Waals surface area (Å²) in [6.45, 7) is 1.07. The number of nitrogens with one attached hydrogen (secondary N) is 1. The number of amides is 1. The van der Waals surface area contributed by atoms with Crippen molar-refractivity contribution in [3.63, 3.8) is 0 Å². The van der Waals surface area contributed by atoms with Crippen molar-refractivity contribution in [2.75, 3.05) is 20.3 Å². The molecule has 3 nitrogen and oxygen atoms in total. The van der Waals surface area contributed by atoms with Crippen LogP contribution in [0.25, 0.3) is 0 Å². The highest BCUT2D eigenvalue weighted by Crippen LogP contribution is 2.21. The Hall–Kier alpha value is 0.0900. The highest BCUT2D eigenvalue weighted by molar-refractivity contribution is 9.11. The maximum atomic E-state index is 11.9. The molecule has 0 radical (unpaired) electrons. The molecule has 1 rings (SSSR count). The van der Waals surface area contributed by atoms with Crippen molar-refractivity contribution in [3.8, 4) is 0 Å². The lowest BCUT2D eigenvalue weighted by atomic mass is 10.2. The van der Waals surface area contributed by atoms with Gasteiger partial charge in [0, 0.05) is 22.6 Å². The number of carbonyl (C=O) groups excluding carboxylic acids is 1. The molecular formula is C11H12Br3NO2. The molecule has 0 fully saturated rings. The third-order valence-electron chi connectivity index (χ3n) is 2.00. The van der Waals surface area contributed by atoms with E-state index in [1.807, 2.05) is 12.1 Å². The first-order valence-electron chi connectivity index (χ1n) is 4.91. The Morgan fingerprint density at radius 3 is 2.82 bits per heavy atom. The van der Waals surface area contributed by atoms with Gasteiger partial charge in [-0.15, -0.1) is 0 Å². The molecule has 94 valence electrons. The molecule has 0 saturated carbocycles. The van der Waals surface area contributed by atoms with Gasteiger partial charge in [0.1, 0.15) is 0 Å². The molecule has 0 aliphatic rings. The monoisotopic (exact) mass is 427 g/mol. The maximum Gasteiger partial charge on any atom is 0.252 e. The molecule has 0 bridgehead atoms. The van der Waals surface area contributed by atoms with Crippen LogP contribution in [0.4, 0.5) is 0 Å². The van der Waals surface area contributed by atoms with Gasteiger partial charge in [-0.05, 0) is 34.1 Å². The number of hydrogen-bond donors (Lipinski definition) is 1. The number of rotatable bonds is 5. The largest absolute Gasteiger partial charge is 0.383 e.